The third-order valence-electron chi connectivity index (χ3n) is 2.00. The minimum absolute atomic E-state index is 0. The first kappa shape index (κ1) is 12.8. The third-order valence-corrected chi connectivity index (χ3v) is 2.00. The van der Waals surface area contributed by atoms with E-state index in [1.807, 2.05) is 13.0 Å². The predicted octanol–water partition coefficient (Wildman–Crippen LogP) is 2.10. The van der Waals surface area contributed by atoms with Crippen molar-refractivity contribution in [1.29, 1.82) is 5.26 Å². The molecule has 0 aliphatic heterocycles. The maximum absolute atomic E-state index is 9.44. The molecular weight excluding hydrogens is 200 g/mol. The van der Waals surface area contributed by atoms with Crippen LogP contribution >= 0.6 is 12.4 Å². The Bertz CT molecular complexity index is 346. The first-order valence-electron chi connectivity index (χ1n) is 4.17. The Labute approximate surface area is 89.6 Å². The van der Waals surface area contributed by atoms with Crippen LogP contribution in [0.4, 0.5) is 0 Å². The number of aromatic hydroxyl groups is 1. The summed E-state index contributed by atoms with van der Waals surface area (Å²) in [6.07, 6.45) is 0.739. The van der Waals surface area contributed by atoms with Crippen molar-refractivity contribution in [1.82, 2.24) is 0 Å². The molecule has 0 saturated carbocycles. The highest BCUT2D eigenvalue weighted by Crippen LogP contribution is 2.25. The van der Waals surface area contributed by atoms with Gasteiger partial charge in [0.25, 0.3) is 0 Å². The molecule has 1 aromatic rings. The third kappa shape index (κ3) is 2.63. The molecule has 1 aromatic carbocycles. The molecule has 0 aliphatic carbocycles. The van der Waals surface area contributed by atoms with E-state index in [0.717, 1.165) is 6.42 Å². The second-order valence-corrected chi connectivity index (χ2v) is 2.90. The van der Waals surface area contributed by atoms with Crippen LogP contribution in [0.25, 0.3) is 0 Å². The predicted molar refractivity (Wildman–Crippen MR) is 57.3 cm³/mol. The van der Waals surface area contributed by atoms with Gasteiger partial charge in [-0.15, -0.1) is 12.4 Å². The number of rotatable bonds is 2. The SMILES string of the molecule is CC[C@H](N)c1cc(C#N)ccc1O.Cl. The van der Waals surface area contributed by atoms with Crippen LogP contribution in [-0.2, 0) is 0 Å². The number of hydrogen-bond acceptors (Lipinski definition) is 3. The van der Waals surface area contributed by atoms with Crippen molar-refractivity contribution in [2.24, 2.45) is 5.73 Å². The largest absolute Gasteiger partial charge is 0.508 e. The molecule has 0 saturated heterocycles. The quantitative estimate of drug-likeness (QED) is 0.789. The molecule has 3 N–H and O–H groups in total. The van der Waals surface area contributed by atoms with Crippen LogP contribution in [0.15, 0.2) is 18.2 Å². The minimum atomic E-state index is -0.201. The molecule has 76 valence electrons. The molecule has 0 fully saturated rings. The lowest BCUT2D eigenvalue weighted by atomic mass is 10.0. The van der Waals surface area contributed by atoms with E-state index < -0.39 is 0 Å². The second-order valence-electron chi connectivity index (χ2n) is 2.90. The lowest BCUT2D eigenvalue weighted by molar-refractivity contribution is 0.460. The van der Waals surface area contributed by atoms with Crippen molar-refractivity contribution >= 4 is 12.4 Å². The van der Waals surface area contributed by atoms with Crippen molar-refractivity contribution in [3.8, 4) is 11.8 Å². The van der Waals surface area contributed by atoms with Crippen LogP contribution in [0, 0.1) is 11.3 Å². The van der Waals surface area contributed by atoms with Crippen LogP contribution in [0.2, 0.25) is 0 Å². The second kappa shape index (κ2) is 5.48. The zero-order chi connectivity index (χ0) is 9.84. The number of nitrogens with zero attached hydrogens (tertiary/aromatic N) is 1. The zero-order valence-corrected chi connectivity index (χ0v) is 8.71. The topological polar surface area (TPSA) is 70.0 Å². The zero-order valence-electron chi connectivity index (χ0n) is 7.90. The molecule has 0 unspecified atom stereocenters. The summed E-state index contributed by atoms with van der Waals surface area (Å²) >= 11 is 0. The molecule has 0 aromatic heterocycles. The average molecular weight is 213 g/mol. The van der Waals surface area contributed by atoms with Crippen molar-refractivity contribution < 1.29 is 5.11 Å². The minimum Gasteiger partial charge on any atom is -0.508 e. The van der Waals surface area contributed by atoms with Gasteiger partial charge in [-0.05, 0) is 24.6 Å². The van der Waals surface area contributed by atoms with Crippen LogP contribution < -0.4 is 5.73 Å². The number of hydrogen-bond donors (Lipinski definition) is 2. The fourth-order valence-corrected chi connectivity index (χ4v) is 1.14. The van der Waals surface area contributed by atoms with Crippen LogP contribution in [0.1, 0.15) is 30.5 Å². The molecule has 0 spiro atoms. The molecular formula is C10H13ClN2O. The van der Waals surface area contributed by atoms with E-state index in [9.17, 15) is 5.11 Å². The molecule has 0 heterocycles. The molecule has 1 rings (SSSR count). The molecule has 0 bridgehead atoms. The summed E-state index contributed by atoms with van der Waals surface area (Å²) in [5.74, 6) is 0.161. The summed E-state index contributed by atoms with van der Waals surface area (Å²) in [4.78, 5) is 0. The molecule has 0 amide bonds. The van der Waals surface area contributed by atoms with E-state index in [1.165, 1.54) is 6.07 Å². The smallest absolute Gasteiger partial charge is 0.120 e. The van der Waals surface area contributed by atoms with Crippen molar-refractivity contribution in [2.45, 2.75) is 19.4 Å². The van der Waals surface area contributed by atoms with E-state index in [0.29, 0.717) is 11.1 Å². The maximum Gasteiger partial charge on any atom is 0.120 e. The summed E-state index contributed by atoms with van der Waals surface area (Å²) in [6.45, 7) is 1.93. The van der Waals surface area contributed by atoms with Crippen molar-refractivity contribution in [2.75, 3.05) is 0 Å². The van der Waals surface area contributed by atoms with Crippen molar-refractivity contribution in [3.63, 3.8) is 0 Å². The Morgan fingerprint density at radius 1 is 1.57 bits per heavy atom. The van der Waals surface area contributed by atoms with Crippen LogP contribution in [0.5, 0.6) is 5.75 Å². The molecule has 3 nitrogen and oxygen atoms in total. The van der Waals surface area contributed by atoms with Gasteiger partial charge >= 0.3 is 0 Å². The first-order valence-corrected chi connectivity index (χ1v) is 4.17. The molecule has 4 heteroatoms. The molecule has 0 radical (unpaired) electrons. The van der Waals surface area contributed by atoms with Gasteiger partial charge in [-0.3, -0.25) is 0 Å². The van der Waals surface area contributed by atoms with Crippen LogP contribution in [-0.4, -0.2) is 5.11 Å². The van der Waals surface area contributed by atoms with Gasteiger partial charge in [-0.1, -0.05) is 6.92 Å². The highest BCUT2D eigenvalue weighted by molar-refractivity contribution is 5.85. The molecule has 14 heavy (non-hydrogen) atoms. The lowest BCUT2D eigenvalue weighted by Gasteiger charge is -2.10. The summed E-state index contributed by atoms with van der Waals surface area (Å²) < 4.78 is 0. The molecule has 1 atom stereocenters. The van der Waals surface area contributed by atoms with E-state index in [-0.39, 0.29) is 24.2 Å². The summed E-state index contributed by atoms with van der Waals surface area (Å²) in [5, 5.41) is 18.1. The maximum atomic E-state index is 9.44. The fourth-order valence-electron chi connectivity index (χ4n) is 1.14. The summed E-state index contributed by atoms with van der Waals surface area (Å²) in [6, 6.07) is 6.51. The van der Waals surface area contributed by atoms with Crippen molar-refractivity contribution in [3.05, 3.63) is 29.3 Å². The van der Waals surface area contributed by atoms with E-state index >= 15 is 0 Å². The Morgan fingerprint density at radius 2 is 2.21 bits per heavy atom. The number of nitrogens with two attached hydrogens (primary N) is 1. The highest BCUT2D eigenvalue weighted by Gasteiger charge is 2.09. The Morgan fingerprint density at radius 3 is 2.71 bits per heavy atom. The van der Waals surface area contributed by atoms with Gasteiger partial charge in [0.2, 0.25) is 0 Å². The van der Waals surface area contributed by atoms with Gasteiger partial charge in [0.05, 0.1) is 11.6 Å². The van der Waals surface area contributed by atoms with Gasteiger partial charge in [0.1, 0.15) is 5.75 Å². The standard InChI is InChI=1S/C10H12N2O.ClH/c1-2-9(12)8-5-7(6-11)3-4-10(8)13;/h3-5,9,13H,2,12H2,1H3;1H/t9-;/m0./s1. The molecule has 0 aliphatic rings. The number of phenolic OH excluding ortho intramolecular Hbond substituents is 1. The monoisotopic (exact) mass is 212 g/mol. The van der Waals surface area contributed by atoms with Crippen LogP contribution in [0.3, 0.4) is 0 Å². The van der Waals surface area contributed by atoms with E-state index in [1.54, 1.807) is 12.1 Å². The van der Waals surface area contributed by atoms with Gasteiger partial charge in [0.15, 0.2) is 0 Å². The first-order chi connectivity index (χ1) is 6.19. The number of halogens is 1. The average Bonchev–Trinajstić information content (AvgIpc) is 2.17. The van der Waals surface area contributed by atoms with E-state index in [2.05, 4.69) is 0 Å². The summed E-state index contributed by atoms with van der Waals surface area (Å²) in [7, 11) is 0. The van der Waals surface area contributed by atoms with E-state index in [4.69, 9.17) is 11.0 Å². The summed E-state index contributed by atoms with van der Waals surface area (Å²) in [5.41, 5.74) is 6.91. The Hall–Kier alpha value is -1.24. The lowest BCUT2D eigenvalue weighted by Crippen LogP contribution is -2.08. The Balaban J connectivity index is 0.00000169. The van der Waals surface area contributed by atoms with Gasteiger partial charge in [-0.2, -0.15) is 5.26 Å². The highest BCUT2D eigenvalue weighted by atomic mass is 35.5. The fraction of sp³-hybridized carbons (Fsp3) is 0.300. The van der Waals surface area contributed by atoms with Gasteiger partial charge < -0.3 is 10.8 Å². The number of phenols is 1. The number of nitriles is 1. The normalized spacial score (nSPS) is 11.2. The number of benzene rings is 1. The van der Waals surface area contributed by atoms with Gasteiger partial charge in [-0.25, -0.2) is 0 Å². The Kier molecular flexibility index (Phi) is 5.00. The van der Waals surface area contributed by atoms with Gasteiger partial charge in [0, 0.05) is 11.6 Å².